The van der Waals surface area contributed by atoms with Crippen LogP contribution in [0.3, 0.4) is 0 Å². The highest BCUT2D eigenvalue weighted by atomic mass is 31.2. The Balaban J connectivity index is 4.03. The average molecular weight is 330 g/mol. The zero-order chi connectivity index (χ0) is 15.6. The molecule has 0 aromatic rings. The molecule has 0 saturated heterocycles. The van der Waals surface area contributed by atoms with Crippen LogP contribution in [0.25, 0.3) is 0 Å². The first-order chi connectivity index (χ1) is 9.32. The zero-order valence-electron chi connectivity index (χ0n) is 12.1. The highest BCUT2D eigenvalue weighted by Crippen LogP contribution is 2.48. The van der Waals surface area contributed by atoms with Crippen LogP contribution < -0.4 is 0 Å². The van der Waals surface area contributed by atoms with E-state index >= 15 is 0 Å². The van der Waals surface area contributed by atoms with Crippen molar-refractivity contribution in [2.24, 2.45) is 0 Å². The predicted octanol–water partition coefficient (Wildman–Crippen LogP) is 2.10. The van der Waals surface area contributed by atoms with Gasteiger partial charge in [-0.3, -0.25) is 9.46 Å². The van der Waals surface area contributed by atoms with Crippen LogP contribution in [0.1, 0.15) is 39.5 Å². The zero-order valence-corrected chi connectivity index (χ0v) is 13.9. The fourth-order valence-electron chi connectivity index (χ4n) is 1.76. The highest BCUT2D eigenvalue weighted by Gasteiger charge is 2.32. The first kappa shape index (κ1) is 20.1. The molecule has 0 aliphatic heterocycles. The van der Waals surface area contributed by atoms with Gasteiger partial charge in [-0.2, -0.15) is 4.89 Å². The van der Waals surface area contributed by atoms with Gasteiger partial charge in [-0.15, -0.1) is 0 Å². The maximum Gasteiger partial charge on any atom is 0.518 e. The van der Waals surface area contributed by atoms with E-state index in [0.717, 1.165) is 25.8 Å². The van der Waals surface area contributed by atoms with Crippen molar-refractivity contribution in [3.63, 3.8) is 0 Å². The Morgan fingerprint density at radius 2 is 2.00 bits per heavy atom. The van der Waals surface area contributed by atoms with Crippen LogP contribution in [0.5, 0.6) is 0 Å². The summed E-state index contributed by atoms with van der Waals surface area (Å²) in [6, 6.07) is 0. The van der Waals surface area contributed by atoms with Crippen molar-refractivity contribution < 1.29 is 28.5 Å². The van der Waals surface area contributed by atoms with Crippen molar-refractivity contribution >= 4 is 15.6 Å². The summed E-state index contributed by atoms with van der Waals surface area (Å²) in [7, 11) is -6.74. The van der Waals surface area contributed by atoms with Crippen LogP contribution >= 0.6 is 15.6 Å². The second-order valence-corrected chi connectivity index (χ2v) is 7.94. The lowest BCUT2D eigenvalue weighted by Crippen LogP contribution is -2.36. The van der Waals surface area contributed by atoms with Crippen molar-refractivity contribution in [2.75, 3.05) is 25.6 Å². The number of rotatable bonds is 12. The Labute approximate surface area is 121 Å². The van der Waals surface area contributed by atoms with Crippen molar-refractivity contribution in [3.8, 4) is 0 Å². The average Bonchev–Trinajstić information content (AvgIpc) is 2.32. The molecule has 7 nitrogen and oxygen atoms in total. The lowest BCUT2D eigenvalue weighted by molar-refractivity contribution is -0.00877. The molecule has 0 heterocycles. The fourth-order valence-corrected chi connectivity index (χ4v) is 3.70. The predicted molar refractivity (Wildman–Crippen MR) is 77.9 cm³/mol. The van der Waals surface area contributed by atoms with Gasteiger partial charge < -0.3 is 14.5 Å². The maximum absolute atomic E-state index is 11.4. The van der Waals surface area contributed by atoms with Gasteiger partial charge in [0.25, 0.3) is 5.90 Å². The van der Waals surface area contributed by atoms with Gasteiger partial charge in [0.1, 0.15) is 6.23 Å². The van der Waals surface area contributed by atoms with Crippen molar-refractivity contribution in [1.29, 1.82) is 0 Å². The van der Waals surface area contributed by atoms with Gasteiger partial charge >= 0.3 is 15.6 Å². The molecule has 9 heteroatoms. The lowest BCUT2D eigenvalue weighted by atomic mass is 10.2. The van der Waals surface area contributed by atoms with E-state index in [2.05, 4.69) is 6.92 Å². The normalized spacial score (nSPS) is 17.0. The number of nitrogens with zero attached hydrogens (tertiary/aromatic N) is 1. The molecule has 0 aliphatic carbocycles. The SMILES string of the molecule is CCCCCN(CC)C(O)CCOP(=O)(O)C[P+](=O)O. The second kappa shape index (κ2) is 10.8. The van der Waals surface area contributed by atoms with Crippen LogP contribution in [-0.4, -0.2) is 51.6 Å². The van der Waals surface area contributed by atoms with Gasteiger partial charge in [0.15, 0.2) is 0 Å². The van der Waals surface area contributed by atoms with Gasteiger partial charge in [0.2, 0.25) is 0 Å². The van der Waals surface area contributed by atoms with Crippen LogP contribution in [-0.2, 0) is 13.7 Å². The summed E-state index contributed by atoms with van der Waals surface area (Å²) < 4.78 is 26.6. The van der Waals surface area contributed by atoms with Gasteiger partial charge in [-0.05, 0) is 17.5 Å². The molecule has 0 spiro atoms. The van der Waals surface area contributed by atoms with Crippen molar-refractivity contribution in [1.82, 2.24) is 4.90 Å². The van der Waals surface area contributed by atoms with Gasteiger partial charge in [0, 0.05) is 13.0 Å². The number of unbranched alkanes of at least 4 members (excludes halogenated alkanes) is 2. The van der Waals surface area contributed by atoms with E-state index in [-0.39, 0.29) is 13.0 Å². The molecule has 3 atom stereocenters. The van der Waals surface area contributed by atoms with Crippen molar-refractivity contribution in [2.45, 2.75) is 45.8 Å². The molecule has 0 saturated carbocycles. The Morgan fingerprint density at radius 1 is 1.35 bits per heavy atom. The molecule has 0 bridgehead atoms. The van der Waals surface area contributed by atoms with Gasteiger partial charge in [0.05, 0.1) is 6.61 Å². The summed E-state index contributed by atoms with van der Waals surface area (Å²) in [5, 5.41) is 9.95. The van der Waals surface area contributed by atoms with Gasteiger partial charge in [-0.1, -0.05) is 26.7 Å². The smallest absolute Gasteiger partial charge is 0.378 e. The van der Waals surface area contributed by atoms with Crippen LogP contribution in [0, 0.1) is 0 Å². The monoisotopic (exact) mass is 330 g/mol. The fraction of sp³-hybridized carbons (Fsp3) is 1.00. The number of hydrogen-bond donors (Lipinski definition) is 3. The Kier molecular flexibility index (Phi) is 10.9. The summed E-state index contributed by atoms with van der Waals surface area (Å²) in [6.45, 7) is 5.37. The Bertz CT molecular complexity index is 328. The first-order valence-electron chi connectivity index (χ1n) is 6.84. The summed E-state index contributed by atoms with van der Waals surface area (Å²) in [5.41, 5.74) is 0. The third-order valence-corrected chi connectivity index (χ3v) is 5.83. The number of hydrogen-bond acceptors (Lipinski definition) is 5. The minimum Gasteiger partial charge on any atom is -0.378 e. The molecule has 0 fully saturated rings. The number of aliphatic hydroxyl groups excluding tert-OH is 1. The van der Waals surface area contributed by atoms with Crippen LogP contribution in [0.15, 0.2) is 0 Å². The highest BCUT2D eigenvalue weighted by molar-refractivity contribution is 7.64. The molecule has 20 heavy (non-hydrogen) atoms. The molecule has 3 unspecified atom stereocenters. The Morgan fingerprint density at radius 3 is 2.50 bits per heavy atom. The van der Waals surface area contributed by atoms with E-state index < -0.39 is 27.8 Å². The molecule has 3 N–H and O–H groups in total. The molecule has 0 aromatic heterocycles. The van der Waals surface area contributed by atoms with Crippen LogP contribution in [0.4, 0.5) is 0 Å². The molecular weight excluding hydrogens is 304 g/mol. The maximum atomic E-state index is 11.4. The molecule has 0 aromatic carbocycles. The Hall–Kier alpha value is 0.130. The lowest BCUT2D eigenvalue weighted by Gasteiger charge is -2.26. The quantitative estimate of drug-likeness (QED) is 0.286. The largest absolute Gasteiger partial charge is 0.518 e. The molecule has 0 rings (SSSR count). The number of aliphatic hydroxyl groups is 1. The van der Waals surface area contributed by atoms with E-state index in [1.54, 1.807) is 0 Å². The minimum absolute atomic E-state index is 0.123. The minimum atomic E-state index is -4.03. The van der Waals surface area contributed by atoms with E-state index in [9.17, 15) is 19.1 Å². The summed E-state index contributed by atoms with van der Waals surface area (Å²) in [6.07, 6.45) is 2.64. The topological polar surface area (TPSA) is 107 Å². The van der Waals surface area contributed by atoms with E-state index in [1.165, 1.54) is 0 Å². The third kappa shape index (κ3) is 9.94. The van der Waals surface area contributed by atoms with E-state index in [0.29, 0.717) is 6.54 Å². The standard InChI is InChI=1S/C11H25NO6P2/c1-3-5-6-8-12(4-2)11(13)7-9-18-20(16,17)10-19(14)15/h11,13H,3-10H2,1-2H3,(H-,14,15,16,17)/p+1. The van der Waals surface area contributed by atoms with E-state index in [4.69, 9.17) is 9.42 Å². The van der Waals surface area contributed by atoms with Gasteiger partial charge in [-0.25, -0.2) is 0 Å². The molecular formula is C11H26NO6P2+. The van der Waals surface area contributed by atoms with Crippen LogP contribution in [0.2, 0.25) is 0 Å². The van der Waals surface area contributed by atoms with Crippen molar-refractivity contribution in [3.05, 3.63) is 0 Å². The molecule has 0 aliphatic rings. The summed E-state index contributed by atoms with van der Waals surface area (Å²) >= 11 is 0. The molecule has 0 radical (unpaired) electrons. The summed E-state index contributed by atoms with van der Waals surface area (Å²) in [5.74, 6) is -0.771. The third-order valence-electron chi connectivity index (χ3n) is 2.85. The van der Waals surface area contributed by atoms with E-state index in [1.807, 2.05) is 11.8 Å². The second-order valence-electron chi connectivity index (χ2n) is 4.57. The molecule has 120 valence electrons. The molecule has 0 amide bonds. The summed E-state index contributed by atoms with van der Waals surface area (Å²) in [4.78, 5) is 19.7. The first-order valence-corrected chi connectivity index (χ1v) is 10.0.